The first-order valence-corrected chi connectivity index (χ1v) is 14.5. The van der Waals surface area contributed by atoms with Crippen LogP contribution in [0.1, 0.15) is 24.2 Å². The molecule has 3 aromatic carbocycles. The Morgan fingerprint density at radius 2 is 1.44 bits per heavy atom. The normalized spacial score (nSPS) is 20.0. The Kier molecular flexibility index (Phi) is 8.03. The van der Waals surface area contributed by atoms with Gasteiger partial charge in [0.1, 0.15) is 17.3 Å². The Hall–Kier alpha value is -5.00. The van der Waals surface area contributed by atoms with E-state index in [1.165, 1.54) is 31.2 Å². The van der Waals surface area contributed by atoms with Gasteiger partial charge < -0.3 is 23.4 Å². The zero-order valence-corrected chi connectivity index (χ0v) is 23.7. The average Bonchev–Trinajstić information content (AvgIpc) is 3.21. The zero-order chi connectivity index (χ0) is 30.9. The molecule has 4 atom stereocenters. The minimum atomic E-state index is -4.64. The number of nitro groups is 1. The fourth-order valence-corrected chi connectivity index (χ4v) is 6.31. The summed E-state index contributed by atoms with van der Waals surface area (Å²) in [7, 11) is -4.64. The number of non-ortho nitro benzene ring substituents is 1. The highest BCUT2D eigenvalue weighted by atomic mass is 31.2. The van der Waals surface area contributed by atoms with E-state index >= 15 is 0 Å². The molecule has 2 aliphatic heterocycles. The lowest BCUT2D eigenvalue weighted by molar-refractivity contribution is -0.384. The number of para-hydroxylation sites is 2. The summed E-state index contributed by atoms with van der Waals surface area (Å²) in [5.74, 6) is -4.92. The van der Waals surface area contributed by atoms with Gasteiger partial charge in [-0.25, -0.2) is 9.59 Å². The number of carbonyl (C=O) groups is 3. The molecule has 0 bridgehead atoms. The van der Waals surface area contributed by atoms with Crippen LogP contribution in [0.2, 0.25) is 0 Å². The number of hydrogen-bond acceptors (Lipinski definition) is 11. The summed E-state index contributed by atoms with van der Waals surface area (Å²) in [6.45, 7) is 3.01. The number of phosphoric ester groups is 1. The molecule has 1 saturated heterocycles. The minimum absolute atomic E-state index is 0.117. The molecule has 3 aromatic rings. The van der Waals surface area contributed by atoms with Crippen molar-refractivity contribution in [1.29, 1.82) is 0 Å². The molecule has 0 saturated carbocycles. The molecule has 2 aliphatic rings. The number of aliphatic hydroxyl groups is 1. The van der Waals surface area contributed by atoms with Crippen molar-refractivity contribution in [2.24, 2.45) is 11.8 Å². The van der Waals surface area contributed by atoms with Crippen LogP contribution < -0.4 is 9.05 Å². The van der Waals surface area contributed by atoms with Crippen molar-refractivity contribution in [2.45, 2.75) is 26.0 Å². The van der Waals surface area contributed by atoms with Gasteiger partial charge in [-0.1, -0.05) is 43.3 Å². The SMILES string of the molecule is C[C@@H](O)C1C(=O)N2C(C(=O)OC(=O)c3ccc([N+](=O)[O-])cc3)=C(OP(=O)(Oc3ccccc3)Oc3ccccc3)[C@H](C)C12. The molecule has 0 radical (unpaired) electrons. The van der Waals surface area contributed by atoms with E-state index in [0.717, 1.165) is 29.2 Å². The van der Waals surface area contributed by atoms with E-state index in [9.17, 15) is 34.2 Å². The molecule has 0 spiro atoms. The standard InChI is InChI=1S/C29H25N2O11P/c1-17-24-23(18(2)32)27(33)30(24)25(29(35)39-28(34)19-13-15-20(16-14-19)31(36)37)26(17)42-43(38,40-21-9-5-3-6-10-21)41-22-11-7-4-8-12-22/h3-18,23-24,32H,1-2H3/t17-,18-,23?,24?/m1/s1. The van der Waals surface area contributed by atoms with Gasteiger partial charge in [-0.2, -0.15) is 4.57 Å². The lowest BCUT2D eigenvalue weighted by Crippen LogP contribution is -2.63. The molecule has 1 fully saturated rings. The number of benzene rings is 3. The van der Waals surface area contributed by atoms with Crippen LogP contribution in [0.25, 0.3) is 0 Å². The van der Waals surface area contributed by atoms with Gasteiger partial charge in [0, 0.05) is 18.1 Å². The highest BCUT2D eigenvalue weighted by Crippen LogP contribution is 2.57. The van der Waals surface area contributed by atoms with Crippen LogP contribution in [0.3, 0.4) is 0 Å². The molecule has 13 nitrogen and oxygen atoms in total. The molecule has 1 amide bonds. The summed E-state index contributed by atoms with van der Waals surface area (Å²) in [4.78, 5) is 50.6. The predicted molar refractivity (Wildman–Crippen MR) is 148 cm³/mol. The number of β-lactam (4-membered cyclic amide) rings is 1. The van der Waals surface area contributed by atoms with Crippen LogP contribution >= 0.6 is 7.82 Å². The maximum atomic E-state index is 14.2. The lowest BCUT2D eigenvalue weighted by Gasteiger charge is -2.46. The van der Waals surface area contributed by atoms with Crippen LogP contribution in [-0.2, 0) is 23.4 Å². The third kappa shape index (κ3) is 5.85. The van der Waals surface area contributed by atoms with E-state index in [1.807, 2.05) is 0 Å². The number of nitrogens with zero attached hydrogens (tertiary/aromatic N) is 2. The summed E-state index contributed by atoms with van der Waals surface area (Å²) < 4.78 is 36.4. The number of rotatable bonds is 10. The number of aliphatic hydroxyl groups excluding tert-OH is 1. The summed E-state index contributed by atoms with van der Waals surface area (Å²) in [5.41, 5.74) is -0.966. The minimum Gasteiger partial charge on any atom is -0.393 e. The number of phosphoric acid groups is 1. The van der Waals surface area contributed by atoms with E-state index in [1.54, 1.807) is 43.3 Å². The molecule has 2 heterocycles. The molecular weight excluding hydrogens is 583 g/mol. The zero-order valence-electron chi connectivity index (χ0n) is 22.8. The van der Waals surface area contributed by atoms with Crippen molar-refractivity contribution >= 4 is 31.4 Å². The number of esters is 2. The Labute approximate surface area is 245 Å². The number of ether oxygens (including phenoxy) is 1. The van der Waals surface area contributed by atoms with Gasteiger partial charge in [0.05, 0.1) is 28.6 Å². The smallest absolute Gasteiger partial charge is 0.393 e. The van der Waals surface area contributed by atoms with Crippen LogP contribution in [-0.4, -0.2) is 44.9 Å². The van der Waals surface area contributed by atoms with Crippen LogP contribution in [0.4, 0.5) is 5.69 Å². The first kappa shape index (κ1) is 29.5. The van der Waals surface area contributed by atoms with Crippen molar-refractivity contribution < 1.29 is 47.3 Å². The second-order valence-corrected chi connectivity index (χ2v) is 11.2. The summed E-state index contributed by atoms with van der Waals surface area (Å²) >= 11 is 0. The third-order valence-corrected chi connectivity index (χ3v) is 8.22. The van der Waals surface area contributed by atoms with Crippen molar-refractivity contribution in [2.75, 3.05) is 0 Å². The van der Waals surface area contributed by atoms with Crippen LogP contribution in [0, 0.1) is 22.0 Å². The highest BCUT2D eigenvalue weighted by Gasteiger charge is 2.62. The molecule has 5 rings (SSSR count). The number of hydrogen-bond donors (Lipinski definition) is 1. The Bertz CT molecular complexity index is 1600. The fraction of sp³-hybridized carbons (Fsp3) is 0.207. The van der Waals surface area contributed by atoms with Crippen molar-refractivity contribution in [3.05, 3.63) is 112 Å². The van der Waals surface area contributed by atoms with E-state index in [0.29, 0.717) is 0 Å². The molecule has 14 heteroatoms. The van der Waals surface area contributed by atoms with Gasteiger partial charge in [-0.3, -0.25) is 19.8 Å². The van der Waals surface area contributed by atoms with Crippen molar-refractivity contribution in [3.63, 3.8) is 0 Å². The van der Waals surface area contributed by atoms with E-state index in [2.05, 4.69) is 0 Å². The van der Waals surface area contributed by atoms with E-state index < -0.39 is 60.3 Å². The van der Waals surface area contributed by atoms with Crippen LogP contribution in [0.15, 0.2) is 96.4 Å². The van der Waals surface area contributed by atoms with Gasteiger partial charge in [0.2, 0.25) is 5.91 Å². The molecule has 1 N–H and O–H groups in total. The Balaban J connectivity index is 1.51. The summed E-state index contributed by atoms with van der Waals surface area (Å²) in [6, 6.07) is 19.5. The monoisotopic (exact) mass is 608 g/mol. The maximum absolute atomic E-state index is 14.2. The van der Waals surface area contributed by atoms with Gasteiger partial charge in [-0.15, -0.1) is 0 Å². The number of nitro benzene ring substituents is 1. The summed E-state index contributed by atoms with van der Waals surface area (Å²) in [6.07, 6.45) is -1.09. The largest absolute Gasteiger partial charge is 0.646 e. The van der Waals surface area contributed by atoms with Gasteiger partial charge in [-0.05, 0) is 43.3 Å². The lowest BCUT2D eigenvalue weighted by atomic mass is 9.79. The van der Waals surface area contributed by atoms with E-state index in [4.69, 9.17) is 18.3 Å². The molecule has 0 aromatic heterocycles. The first-order chi connectivity index (χ1) is 20.5. The van der Waals surface area contributed by atoms with Crippen molar-refractivity contribution in [1.82, 2.24) is 4.90 Å². The molecule has 222 valence electrons. The highest BCUT2D eigenvalue weighted by molar-refractivity contribution is 7.49. The average molecular weight is 608 g/mol. The number of fused-ring (bicyclic) bond motifs is 1. The second-order valence-electron chi connectivity index (χ2n) is 9.79. The quantitative estimate of drug-likeness (QED) is 0.0849. The third-order valence-electron chi connectivity index (χ3n) is 6.93. The van der Waals surface area contributed by atoms with Crippen molar-refractivity contribution in [3.8, 4) is 11.5 Å². The first-order valence-electron chi connectivity index (χ1n) is 13.0. The number of carbonyl (C=O) groups excluding carboxylic acids is 3. The fourth-order valence-electron chi connectivity index (χ4n) is 4.94. The maximum Gasteiger partial charge on any atom is 0.646 e. The topological polar surface area (TPSA) is 172 Å². The Morgan fingerprint density at radius 1 is 0.907 bits per heavy atom. The molecular formula is C29H25N2O11P. The van der Waals surface area contributed by atoms with Gasteiger partial charge in [0.15, 0.2) is 5.70 Å². The Morgan fingerprint density at radius 3 is 1.93 bits per heavy atom. The van der Waals surface area contributed by atoms with Gasteiger partial charge >= 0.3 is 19.8 Å². The van der Waals surface area contributed by atoms with Gasteiger partial charge in [0.25, 0.3) is 5.69 Å². The molecule has 2 unspecified atom stereocenters. The molecule has 0 aliphatic carbocycles. The summed E-state index contributed by atoms with van der Waals surface area (Å²) in [5, 5.41) is 21.2. The van der Waals surface area contributed by atoms with E-state index in [-0.39, 0.29) is 28.5 Å². The predicted octanol–water partition coefficient (Wildman–Crippen LogP) is 4.63. The van der Waals surface area contributed by atoms with Crippen LogP contribution in [0.5, 0.6) is 11.5 Å². The number of amides is 1. The molecule has 43 heavy (non-hydrogen) atoms. The second kappa shape index (κ2) is 11.7.